The van der Waals surface area contributed by atoms with Crippen LogP contribution in [0, 0.1) is 10.1 Å². The zero-order valence-corrected chi connectivity index (χ0v) is 12.7. The zero-order chi connectivity index (χ0) is 16.4. The number of carbonyl (C=O) groups is 1. The van der Waals surface area contributed by atoms with Crippen molar-refractivity contribution in [3.63, 3.8) is 0 Å². The highest BCUT2D eigenvalue weighted by atomic mass is 16.6. The van der Waals surface area contributed by atoms with E-state index in [1.165, 1.54) is 12.1 Å². The number of hydrogen-bond acceptors (Lipinski definition) is 8. The fourth-order valence-corrected chi connectivity index (χ4v) is 2.90. The maximum Gasteiger partial charge on any atom is 0.270 e. The van der Waals surface area contributed by atoms with Gasteiger partial charge in [0, 0.05) is 30.8 Å². The van der Waals surface area contributed by atoms with Crippen LogP contribution in [0.3, 0.4) is 0 Å². The van der Waals surface area contributed by atoms with E-state index in [-0.39, 0.29) is 23.5 Å². The summed E-state index contributed by atoms with van der Waals surface area (Å²) >= 11 is 0. The molecule has 2 atom stereocenters. The SMILES string of the molecule is CC1N=NN(c2ccc([N+](=O)[O-])cc2C=O)C1N1CCOCC1. The molecule has 9 nitrogen and oxygen atoms in total. The van der Waals surface area contributed by atoms with Crippen LogP contribution in [0.1, 0.15) is 17.3 Å². The molecule has 1 saturated heterocycles. The molecule has 0 bridgehead atoms. The van der Waals surface area contributed by atoms with Crippen molar-refractivity contribution in [3.05, 3.63) is 33.9 Å². The monoisotopic (exact) mass is 319 g/mol. The van der Waals surface area contributed by atoms with E-state index < -0.39 is 4.92 Å². The van der Waals surface area contributed by atoms with Gasteiger partial charge in [-0.05, 0) is 13.0 Å². The van der Waals surface area contributed by atoms with Gasteiger partial charge in [0.1, 0.15) is 12.2 Å². The summed E-state index contributed by atoms with van der Waals surface area (Å²) in [5, 5.41) is 20.9. The first-order chi connectivity index (χ1) is 11.1. The van der Waals surface area contributed by atoms with E-state index in [1.54, 1.807) is 11.1 Å². The van der Waals surface area contributed by atoms with Gasteiger partial charge in [-0.2, -0.15) is 5.11 Å². The molecule has 9 heteroatoms. The van der Waals surface area contributed by atoms with Crippen LogP contribution in [0.5, 0.6) is 0 Å². The molecule has 2 aliphatic heterocycles. The Bertz CT molecular complexity index is 644. The van der Waals surface area contributed by atoms with Gasteiger partial charge in [0.15, 0.2) is 6.29 Å². The minimum Gasteiger partial charge on any atom is -0.379 e. The quantitative estimate of drug-likeness (QED) is 0.475. The summed E-state index contributed by atoms with van der Waals surface area (Å²) in [4.78, 5) is 23.9. The van der Waals surface area contributed by atoms with Crippen LogP contribution in [0.25, 0.3) is 0 Å². The first kappa shape index (κ1) is 15.5. The lowest BCUT2D eigenvalue weighted by Crippen LogP contribution is -2.53. The third-order valence-electron chi connectivity index (χ3n) is 4.03. The van der Waals surface area contributed by atoms with Crippen molar-refractivity contribution in [2.75, 3.05) is 31.3 Å². The summed E-state index contributed by atoms with van der Waals surface area (Å²) in [6.07, 6.45) is 0.482. The molecule has 2 heterocycles. The van der Waals surface area contributed by atoms with Crippen LogP contribution in [0.2, 0.25) is 0 Å². The van der Waals surface area contributed by atoms with Crippen LogP contribution in [-0.4, -0.2) is 54.6 Å². The van der Waals surface area contributed by atoms with Crippen molar-refractivity contribution in [2.45, 2.75) is 19.1 Å². The molecular weight excluding hydrogens is 302 g/mol. The number of nitrogens with zero attached hydrogens (tertiary/aromatic N) is 5. The Balaban J connectivity index is 1.94. The molecule has 0 radical (unpaired) electrons. The summed E-state index contributed by atoms with van der Waals surface area (Å²) in [6.45, 7) is 4.73. The van der Waals surface area contributed by atoms with E-state index in [1.807, 2.05) is 6.92 Å². The highest BCUT2D eigenvalue weighted by Crippen LogP contribution is 2.32. The molecule has 0 N–H and O–H groups in total. The normalized spacial score (nSPS) is 24.8. The van der Waals surface area contributed by atoms with Crippen molar-refractivity contribution in [1.29, 1.82) is 0 Å². The van der Waals surface area contributed by atoms with E-state index >= 15 is 0 Å². The zero-order valence-electron chi connectivity index (χ0n) is 12.7. The third-order valence-corrected chi connectivity index (χ3v) is 4.03. The van der Waals surface area contributed by atoms with E-state index in [4.69, 9.17) is 4.74 Å². The van der Waals surface area contributed by atoms with Gasteiger partial charge >= 0.3 is 0 Å². The number of hydrogen-bond donors (Lipinski definition) is 0. The molecule has 3 rings (SSSR count). The number of morpholine rings is 1. The van der Waals surface area contributed by atoms with E-state index in [9.17, 15) is 14.9 Å². The predicted molar refractivity (Wildman–Crippen MR) is 81.5 cm³/mol. The molecule has 0 saturated carbocycles. The number of anilines is 1. The second kappa shape index (κ2) is 6.39. The van der Waals surface area contributed by atoms with Crippen molar-refractivity contribution in [3.8, 4) is 0 Å². The maximum atomic E-state index is 11.4. The Morgan fingerprint density at radius 1 is 1.39 bits per heavy atom. The van der Waals surface area contributed by atoms with Crippen LogP contribution in [-0.2, 0) is 4.74 Å². The van der Waals surface area contributed by atoms with Crippen molar-refractivity contribution >= 4 is 17.7 Å². The fourth-order valence-electron chi connectivity index (χ4n) is 2.90. The number of non-ortho nitro benzene ring substituents is 1. The van der Waals surface area contributed by atoms with Crippen LogP contribution >= 0.6 is 0 Å². The number of ether oxygens (including phenoxy) is 1. The van der Waals surface area contributed by atoms with Gasteiger partial charge in [0.2, 0.25) is 0 Å². The number of rotatable bonds is 4. The van der Waals surface area contributed by atoms with E-state index in [2.05, 4.69) is 15.2 Å². The standard InChI is InChI=1S/C14H17N5O4/c1-10-14(17-4-6-23-7-5-17)18(16-15-10)13-3-2-12(19(21)22)8-11(13)9-20/h2-3,8-10,14H,4-7H2,1H3. The lowest BCUT2D eigenvalue weighted by Gasteiger charge is -2.37. The molecule has 122 valence electrons. The number of carbonyl (C=O) groups excluding carboxylic acids is 1. The molecule has 1 aromatic carbocycles. The second-order valence-electron chi connectivity index (χ2n) is 5.47. The highest BCUT2D eigenvalue weighted by molar-refractivity contribution is 5.86. The molecule has 2 unspecified atom stereocenters. The van der Waals surface area contributed by atoms with Crippen LogP contribution in [0.4, 0.5) is 11.4 Å². The molecule has 1 aromatic rings. The first-order valence-electron chi connectivity index (χ1n) is 7.37. The largest absolute Gasteiger partial charge is 0.379 e. The average molecular weight is 319 g/mol. The minimum atomic E-state index is -0.523. The summed E-state index contributed by atoms with van der Waals surface area (Å²) in [7, 11) is 0. The number of benzene rings is 1. The summed E-state index contributed by atoms with van der Waals surface area (Å²) in [5.41, 5.74) is 0.628. The number of nitro benzene ring substituents is 1. The van der Waals surface area contributed by atoms with Gasteiger partial charge in [-0.3, -0.25) is 19.8 Å². The van der Waals surface area contributed by atoms with Gasteiger partial charge in [-0.1, -0.05) is 5.22 Å². The number of nitro groups is 1. The summed E-state index contributed by atoms with van der Waals surface area (Å²) < 4.78 is 5.37. The van der Waals surface area contributed by atoms with Gasteiger partial charge in [-0.25, -0.2) is 5.01 Å². The Morgan fingerprint density at radius 2 is 2.13 bits per heavy atom. The maximum absolute atomic E-state index is 11.4. The van der Waals surface area contributed by atoms with Crippen molar-refractivity contribution in [2.24, 2.45) is 10.3 Å². The van der Waals surface area contributed by atoms with Crippen LogP contribution < -0.4 is 5.01 Å². The lowest BCUT2D eigenvalue weighted by molar-refractivity contribution is -0.384. The second-order valence-corrected chi connectivity index (χ2v) is 5.47. The summed E-state index contributed by atoms with van der Waals surface area (Å²) in [5.74, 6) is 0. The smallest absolute Gasteiger partial charge is 0.270 e. The van der Waals surface area contributed by atoms with E-state index in [0.717, 1.165) is 13.1 Å². The number of aldehydes is 1. The molecule has 0 aliphatic carbocycles. The molecular formula is C14H17N5O4. The van der Waals surface area contributed by atoms with Crippen molar-refractivity contribution < 1.29 is 14.5 Å². The van der Waals surface area contributed by atoms with Gasteiger partial charge in [0.25, 0.3) is 5.69 Å². The van der Waals surface area contributed by atoms with Gasteiger partial charge in [0.05, 0.1) is 23.8 Å². The van der Waals surface area contributed by atoms with Gasteiger partial charge in [-0.15, -0.1) is 0 Å². The average Bonchev–Trinajstić information content (AvgIpc) is 2.96. The molecule has 0 amide bonds. The van der Waals surface area contributed by atoms with E-state index in [0.29, 0.717) is 25.2 Å². The fraction of sp³-hybridized carbons (Fsp3) is 0.500. The predicted octanol–water partition coefficient (Wildman–Crippen LogP) is 1.64. The minimum absolute atomic E-state index is 0.0669. The highest BCUT2D eigenvalue weighted by Gasteiger charge is 2.37. The third kappa shape index (κ3) is 2.92. The Kier molecular flexibility index (Phi) is 4.30. The first-order valence-corrected chi connectivity index (χ1v) is 7.37. The molecule has 1 fully saturated rings. The van der Waals surface area contributed by atoms with Crippen molar-refractivity contribution in [1.82, 2.24) is 4.90 Å². The summed E-state index contributed by atoms with van der Waals surface area (Å²) in [6, 6.07) is 4.11. The molecule has 23 heavy (non-hydrogen) atoms. The lowest BCUT2D eigenvalue weighted by atomic mass is 10.1. The molecule has 2 aliphatic rings. The molecule has 0 aromatic heterocycles. The Morgan fingerprint density at radius 3 is 2.78 bits per heavy atom. The van der Waals surface area contributed by atoms with Crippen LogP contribution in [0.15, 0.2) is 28.5 Å². The van der Waals surface area contributed by atoms with Gasteiger partial charge < -0.3 is 4.74 Å². The Hall–Kier alpha value is -2.39. The molecule has 0 spiro atoms. The topological polar surface area (TPSA) is 101 Å². The Labute approximate surface area is 132 Å².